The van der Waals surface area contributed by atoms with E-state index in [2.05, 4.69) is 4.98 Å². The maximum atomic E-state index is 13.6. The molecule has 0 aliphatic carbocycles. The van der Waals surface area contributed by atoms with Crippen LogP contribution >= 0.6 is 0 Å². The number of halogens is 2. The molecule has 0 spiro atoms. The number of esters is 1. The van der Waals surface area contributed by atoms with Crippen LogP contribution in [-0.2, 0) is 0 Å². The van der Waals surface area contributed by atoms with Crippen LogP contribution in [-0.4, -0.2) is 11.0 Å². The van der Waals surface area contributed by atoms with E-state index in [1.165, 1.54) is 12.1 Å². The minimum atomic E-state index is -1.09. The second-order valence-electron chi connectivity index (χ2n) is 4.32. The van der Waals surface area contributed by atoms with Crippen LogP contribution in [0, 0.1) is 11.6 Å². The Morgan fingerprint density at radius 1 is 0.952 bits per heavy atom. The summed E-state index contributed by atoms with van der Waals surface area (Å²) in [6.07, 6.45) is 1.54. The molecule has 3 nitrogen and oxygen atoms in total. The molecule has 104 valence electrons. The predicted molar refractivity (Wildman–Crippen MR) is 73.1 cm³/mol. The summed E-state index contributed by atoms with van der Waals surface area (Å²) in [4.78, 5) is 16.1. The van der Waals surface area contributed by atoms with E-state index in [0.717, 1.165) is 17.5 Å². The molecule has 1 aromatic heterocycles. The normalized spacial score (nSPS) is 10.6. The average Bonchev–Trinajstić information content (AvgIpc) is 2.47. The highest BCUT2D eigenvalue weighted by atomic mass is 19.1. The molecule has 0 amide bonds. The largest absolute Gasteiger partial charge is 0.420 e. The van der Waals surface area contributed by atoms with Gasteiger partial charge in [-0.1, -0.05) is 24.3 Å². The molecule has 0 saturated carbocycles. The van der Waals surface area contributed by atoms with Gasteiger partial charge >= 0.3 is 5.97 Å². The number of carbonyl (C=O) groups excluding carboxylic acids is 1. The van der Waals surface area contributed by atoms with Crippen molar-refractivity contribution in [1.82, 2.24) is 4.98 Å². The number of rotatable bonds is 2. The Morgan fingerprint density at radius 3 is 2.38 bits per heavy atom. The van der Waals surface area contributed by atoms with E-state index in [0.29, 0.717) is 5.52 Å². The highest BCUT2D eigenvalue weighted by Gasteiger charge is 2.20. The van der Waals surface area contributed by atoms with Crippen molar-refractivity contribution in [3.8, 4) is 5.75 Å². The highest BCUT2D eigenvalue weighted by molar-refractivity contribution is 5.94. The summed E-state index contributed by atoms with van der Waals surface area (Å²) in [5.74, 6) is -2.87. The zero-order valence-corrected chi connectivity index (χ0v) is 10.7. The topological polar surface area (TPSA) is 39.2 Å². The van der Waals surface area contributed by atoms with Crippen molar-refractivity contribution in [1.29, 1.82) is 0 Å². The Balaban J connectivity index is 2.01. The number of pyridine rings is 1. The lowest BCUT2D eigenvalue weighted by Crippen LogP contribution is -2.13. The van der Waals surface area contributed by atoms with Crippen molar-refractivity contribution in [3.63, 3.8) is 0 Å². The Hall–Kier alpha value is -2.82. The van der Waals surface area contributed by atoms with Crippen LogP contribution < -0.4 is 4.74 Å². The molecule has 2 aromatic carbocycles. The van der Waals surface area contributed by atoms with Crippen LogP contribution in [0.1, 0.15) is 10.4 Å². The molecule has 3 rings (SSSR count). The quantitative estimate of drug-likeness (QED) is 0.532. The van der Waals surface area contributed by atoms with E-state index >= 15 is 0 Å². The Labute approximate surface area is 118 Å². The third kappa shape index (κ3) is 2.45. The van der Waals surface area contributed by atoms with Gasteiger partial charge in [0.25, 0.3) is 0 Å². The van der Waals surface area contributed by atoms with Crippen LogP contribution in [0.25, 0.3) is 10.9 Å². The number of hydrogen-bond acceptors (Lipinski definition) is 3. The summed E-state index contributed by atoms with van der Waals surface area (Å²) in [5, 5.41) is 0.761. The fraction of sp³-hybridized carbons (Fsp3) is 0. The van der Waals surface area contributed by atoms with Crippen molar-refractivity contribution in [2.75, 3.05) is 0 Å². The first-order valence-corrected chi connectivity index (χ1v) is 6.17. The molecule has 0 radical (unpaired) electrons. The zero-order valence-electron chi connectivity index (χ0n) is 10.7. The molecule has 1 heterocycles. The van der Waals surface area contributed by atoms with Crippen molar-refractivity contribution in [2.24, 2.45) is 0 Å². The molecule has 0 saturated heterocycles. The molecule has 0 bridgehead atoms. The van der Waals surface area contributed by atoms with Gasteiger partial charge in [0.05, 0.1) is 0 Å². The Kier molecular flexibility index (Phi) is 3.31. The maximum absolute atomic E-state index is 13.6. The number of hydrogen-bond donors (Lipinski definition) is 0. The Morgan fingerprint density at radius 2 is 1.62 bits per heavy atom. The second-order valence-corrected chi connectivity index (χ2v) is 4.32. The van der Waals surface area contributed by atoms with Gasteiger partial charge in [-0.15, -0.1) is 0 Å². The van der Waals surface area contributed by atoms with E-state index < -0.39 is 23.2 Å². The average molecular weight is 285 g/mol. The van der Waals surface area contributed by atoms with Gasteiger partial charge < -0.3 is 4.74 Å². The van der Waals surface area contributed by atoms with E-state index in [-0.39, 0.29) is 5.75 Å². The van der Waals surface area contributed by atoms with Gasteiger partial charge in [0.15, 0.2) is 5.75 Å². The molecule has 0 unspecified atom stereocenters. The lowest BCUT2D eigenvalue weighted by molar-refractivity contribution is 0.0726. The van der Waals surface area contributed by atoms with Gasteiger partial charge in [0, 0.05) is 11.6 Å². The number of nitrogens with zero attached hydrogens (tertiary/aromatic N) is 1. The van der Waals surface area contributed by atoms with Crippen molar-refractivity contribution < 1.29 is 18.3 Å². The van der Waals surface area contributed by atoms with Crippen molar-refractivity contribution in [2.45, 2.75) is 0 Å². The minimum absolute atomic E-state index is 0.153. The third-order valence-electron chi connectivity index (χ3n) is 2.97. The van der Waals surface area contributed by atoms with Crippen molar-refractivity contribution >= 4 is 16.9 Å². The minimum Gasteiger partial charge on any atom is -0.420 e. The number of para-hydroxylation sites is 1. The molecular formula is C16H9F2NO2. The fourth-order valence-corrected chi connectivity index (χ4v) is 2.00. The maximum Gasteiger partial charge on any atom is 0.349 e. The van der Waals surface area contributed by atoms with Gasteiger partial charge in [0.1, 0.15) is 22.7 Å². The molecular weight excluding hydrogens is 276 g/mol. The van der Waals surface area contributed by atoms with Gasteiger partial charge in [0.2, 0.25) is 0 Å². The fourth-order valence-electron chi connectivity index (χ4n) is 2.00. The standard InChI is InChI=1S/C16H9F2NO2/c17-11-6-2-7-12(18)14(11)16(20)21-13-8-1-4-10-5-3-9-19-15(10)13/h1-9H. The lowest BCUT2D eigenvalue weighted by atomic mass is 10.2. The van der Waals surface area contributed by atoms with Gasteiger partial charge in [-0.2, -0.15) is 0 Å². The number of fused-ring (bicyclic) bond motifs is 1. The molecule has 21 heavy (non-hydrogen) atoms. The third-order valence-corrected chi connectivity index (χ3v) is 2.97. The van der Waals surface area contributed by atoms with Crippen LogP contribution in [0.2, 0.25) is 0 Å². The predicted octanol–water partition coefficient (Wildman–Crippen LogP) is 3.73. The number of benzene rings is 2. The number of ether oxygens (including phenoxy) is 1. The Bertz CT molecular complexity index is 808. The molecule has 0 atom stereocenters. The SMILES string of the molecule is O=C(Oc1cccc2cccnc12)c1c(F)cccc1F. The summed E-state index contributed by atoms with van der Waals surface area (Å²) >= 11 is 0. The summed E-state index contributed by atoms with van der Waals surface area (Å²) in [6, 6.07) is 11.7. The zero-order chi connectivity index (χ0) is 14.8. The molecule has 0 aliphatic heterocycles. The summed E-state index contributed by atoms with van der Waals surface area (Å²) < 4.78 is 32.2. The van der Waals surface area contributed by atoms with Crippen LogP contribution in [0.3, 0.4) is 0 Å². The van der Waals surface area contributed by atoms with E-state index in [1.807, 2.05) is 0 Å². The van der Waals surface area contributed by atoms with Gasteiger partial charge in [-0.3, -0.25) is 4.98 Å². The molecule has 5 heteroatoms. The van der Waals surface area contributed by atoms with E-state index in [1.54, 1.807) is 30.5 Å². The van der Waals surface area contributed by atoms with E-state index in [4.69, 9.17) is 4.74 Å². The first-order chi connectivity index (χ1) is 10.2. The van der Waals surface area contributed by atoms with E-state index in [9.17, 15) is 13.6 Å². The summed E-state index contributed by atoms with van der Waals surface area (Å²) in [6.45, 7) is 0. The highest BCUT2D eigenvalue weighted by Crippen LogP contribution is 2.24. The lowest BCUT2D eigenvalue weighted by Gasteiger charge is -2.08. The van der Waals surface area contributed by atoms with Gasteiger partial charge in [-0.25, -0.2) is 13.6 Å². The summed E-state index contributed by atoms with van der Waals surface area (Å²) in [5.41, 5.74) is -0.268. The summed E-state index contributed by atoms with van der Waals surface area (Å²) in [7, 11) is 0. The first kappa shape index (κ1) is 13.2. The molecule has 0 N–H and O–H groups in total. The smallest absolute Gasteiger partial charge is 0.349 e. The van der Waals surface area contributed by atoms with Crippen LogP contribution in [0.15, 0.2) is 54.7 Å². The van der Waals surface area contributed by atoms with Crippen molar-refractivity contribution in [3.05, 3.63) is 71.9 Å². The number of aromatic nitrogens is 1. The monoisotopic (exact) mass is 285 g/mol. The molecule has 3 aromatic rings. The van der Waals surface area contributed by atoms with Gasteiger partial charge in [-0.05, 0) is 24.3 Å². The molecule has 0 aliphatic rings. The molecule has 0 fully saturated rings. The first-order valence-electron chi connectivity index (χ1n) is 6.17. The second kappa shape index (κ2) is 5.28. The number of carbonyl (C=O) groups is 1. The van der Waals surface area contributed by atoms with Crippen LogP contribution in [0.5, 0.6) is 5.75 Å². The van der Waals surface area contributed by atoms with Crippen LogP contribution in [0.4, 0.5) is 8.78 Å².